The van der Waals surface area contributed by atoms with E-state index in [9.17, 15) is 9.59 Å². The molecule has 21 heavy (non-hydrogen) atoms. The van der Waals surface area contributed by atoms with Gasteiger partial charge in [-0.05, 0) is 28.1 Å². The van der Waals surface area contributed by atoms with Crippen LogP contribution in [0.5, 0.6) is 0 Å². The van der Waals surface area contributed by atoms with Crippen molar-refractivity contribution in [3.8, 4) is 0 Å². The Morgan fingerprint density at radius 2 is 2.38 bits per heavy atom. The molecule has 2 unspecified atom stereocenters. The van der Waals surface area contributed by atoms with Crippen molar-refractivity contribution in [1.29, 1.82) is 0 Å². The van der Waals surface area contributed by atoms with E-state index in [1.165, 1.54) is 22.1 Å². The van der Waals surface area contributed by atoms with Gasteiger partial charge in [0.15, 0.2) is 0 Å². The van der Waals surface area contributed by atoms with E-state index in [0.29, 0.717) is 18.1 Å². The minimum absolute atomic E-state index is 0.171. The number of carbonyl (C=O) groups is 1. The van der Waals surface area contributed by atoms with Gasteiger partial charge in [-0.3, -0.25) is 9.59 Å². The SMILES string of the molecule is O=C(NC1COCC1n1ncccc1=O)c1cc(Br)cs1. The monoisotopic (exact) mass is 369 g/mol. The van der Waals surface area contributed by atoms with Gasteiger partial charge in [0, 0.05) is 22.1 Å². The van der Waals surface area contributed by atoms with Crippen molar-refractivity contribution in [3.63, 3.8) is 0 Å². The molecule has 6 nitrogen and oxygen atoms in total. The first kappa shape index (κ1) is 14.4. The van der Waals surface area contributed by atoms with E-state index in [2.05, 4.69) is 26.3 Å². The fourth-order valence-corrected chi connectivity index (χ4v) is 3.54. The molecule has 0 spiro atoms. The first-order valence-corrected chi connectivity index (χ1v) is 7.99. The number of ether oxygens (including phenoxy) is 1. The maximum absolute atomic E-state index is 12.2. The highest BCUT2D eigenvalue weighted by atomic mass is 79.9. The highest BCUT2D eigenvalue weighted by Gasteiger charge is 2.32. The second-order valence-corrected chi connectivity index (χ2v) is 6.45. The largest absolute Gasteiger partial charge is 0.377 e. The maximum atomic E-state index is 12.2. The van der Waals surface area contributed by atoms with E-state index in [1.807, 2.05) is 5.38 Å². The third-order valence-electron chi connectivity index (χ3n) is 3.21. The lowest BCUT2D eigenvalue weighted by molar-refractivity contribution is 0.0928. The topological polar surface area (TPSA) is 73.2 Å². The van der Waals surface area contributed by atoms with Crippen LogP contribution in [-0.2, 0) is 4.74 Å². The summed E-state index contributed by atoms with van der Waals surface area (Å²) in [5.41, 5.74) is -0.203. The van der Waals surface area contributed by atoms with Crippen molar-refractivity contribution >= 4 is 33.2 Å². The number of nitrogens with zero attached hydrogens (tertiary/aromatic N) is 2. The molecule has 3 heterocycles. The number of carbonyl (C=O) groups excluding carboxylic acids is 1. The van der Waals surface area contributed by atoms with Gasteiger partial charge in [-0.15, -0.1) is 11.3 Å². The van der Waals surface area contributed by atoms with Crippen LogP contribution in [0.2, 0.25) is 0 Å². The molecule has 0 radical (unpaired) electrons. The first-order chi connectivity index (χ1) is 10.1. The molecule has 1 saturated heterocycles. The molecule has 0 aliphatic carbocycles. The highest BCUT2D eigenvalue weighted by Crippen LogP contribution is 2.21. The first-order valence-electron chi connectivity index (χ1n) is 6.31. The van der Waals surface area contributed by atoms with Gasteiger partial charge in [0.2, 0.25) is 0 Å². The van der Waals surface area contributed by atoms with E-state index < -0.39 is 0 Å². The van der Waals surface area contributed by atoms with Crippen LogP contribution >= 0.6 is 27.3 Å². The zero-order valence-corrected chi connectivity index (χ0v) is 13.3. The van der Waals surface area contributed by atoms with Crippen LogP contribution in [0.25, 0.3) is 0 Å². The third-order valence-corrected chi connectivity index (χ3v) is 4.90. The molecule has 3 rings (SSSR count). The number of aromatic nitrogens is 2. The van der Waals surface area contributed by atoms with Gasteiger partial charge in [-0.2, -0.15) is 5.10 Å². The van der Waals surface area contributed by atoms with Crippen molar-refractivity contribution in [2.45, 2.75) is 12.1 Å². The van der Waals surface area contributed by atoms with Crippen LogP contribution < -0.4 is 10.9 Å². The summed E-state index contributed by atoms with van der Waals surface area (Å²) in [6.07, 6.45) is 1.55. The zero-order chi connectivity index (χ0) is 14.8. The summed E-state index contributed by atoms with van der Waals surface area (Å²) >= 11 is 4.68. The Labute approximate surface area is 132 Å². The average Bonchev–Trinajstić information content (AvgIpc) is 3.08. The predicted molar refractivity (Wildman–Crippen MR) is 81.6 cm³/mol. The summed E-state index contributed by atoms with van der Waals surface area (Å²) in [5.74, 6) is -0.171. The molecule has 1 aliphatic heterocycles. The number of hydrogen-bond acceptors (Lipinski definition) is 5. The zero-order valence-electron chi connectivity index (χ0n) is 10.9. The smallest absolute Gasteiger partial charge is 0.267 e. The molecule has 2 atom stereocenters. The lowest BCUT2D eigenvalue weighted by Crippen LogP contribution is -2.43. The number of thiophene rings is 1. The Bertz CT molecular complexity index is 714. The molecule has 1 N–H and O–H groups in total. The van der Waals surface area contributed by atoms with Crippen molar-refractivity contribution < 1.29 is 9.53 Å². The second kappa shape index (κ2) is 6.08. The summed E-state index contributed by atoms with van der Waals surface area (Å²) in [4.78, 5) is 24.6. The number of nitrogens with one attached hydrogen (secondary N) is 1. The molecule has 2 aromatic heterocycles. The molecular weight excluding hydrogens is 358 g/mol. The summed E-state index contributed by atoms with van der Waals surface area (Å²) in [7, 11) is 0. The van der Waals surface area contributed by atoms with Crippen molar-refractivity contribution in [2.24, 2.45) is 0 Å². The van der Waals surface area contributed by atoms with Gasteiger partial charge in [0.25, 0.3) is 11.5 Å². The molecule has 1 fully saturated rings. The average molecular weight is 370 g/mol. The van der Waals surface area contributed by atoms with Gasteiger partial charge >= 0.3 is 0 Å². The Balaban J connectivity index is 1.77. The standard InChI is InChI=1S/C13H12BrN3O3S/c14-8-4-11(21-7-8)13(19)16-9-5-20-6-10(9)17-12(18)2-1-3-15-17/h1-4,7,9-10H,5-6H2,(H,16,19). The van der Waals surface area contributed by atoms with Crippen LogP contribution in [-0.4, -0.2) is 34.9 Å². The third kappa shape index (κ3) is 3.07. The van der Waals surface area contributed by atoms with Gasteiger partial charge < -0.3 is 10.1 Å². The lowest BCUT2D eigenvalue weighted by Gasteiger charge is -2.19. The lowest BCUT2D eigenvalue weighted by atomic mass is 10.1. The fourth-order valence-electron chi connectivity index (χ4n) is 2.21. The Morgan fingerprint density at radius 3 is 3.10 bits per heavy atom. The normalized spacial score (nSPS) is 21.4. The van der Waals surface area contributed by atoms with Crippen LogP contribution in [0.1, 0.15) is 15.7 Å². The van der Waals surface area contributed by atoms with Gasteiger partial charge in [0.1, 0.15) is 6.04 Å². The van der Waals surface area contributed by atoms with Crippen LogP contribution in [0.15, 0.2) is 39.0 Å². The van der Waals surface area contributed by atoms with Crippen LogP contribution in [0.3, 0.4) is 0 Å². The molecule has 2 aromatic rings. The Kier molecular flexibility index (Phi) is 4.18. The number of amides is 1. The molecule has 0 bridgehead atoms. The number of hydrogen-bond donors (Lipinski definition) is 1. The van der Waals surface area contributed by atoms with Crippen molar-refractivity contribution in [2.75, 3.05) is 13.2 Å². The van der Waals surface area contributed by atoms with Crippen LogP contribution in [0.4, 0.5) is 0 Å². The quantitative estimate of drug-likeness (QED) is 0.888. The molecule has 0 aromatic carbocycles. The van der Waals surface area contributed by atoms with Crippen molar-refractivity contribution in [3.05, 3.63) is 49.5 Å². The summed E-state index contributed by atoms with van der Waals surface area (Å²) < 4.78 is 7.64. The molecule has 1 aliphatic rings. The Hall–Kier alpha value is -1.51. The van der Waals surface area contributed by atoms with E-state index in [4.69, 9.17) is 4.74 Å². The van der Waals surface area contributed by atoms with E-state index in [0.717, 1.165) is 4.47 Å². The van der Waals surface area contributed by atoms with Crippen LogP contribution in [0, 0.1) is 0 Å². The van der Waals surface area contributed by atoms with Gasteiger partial charge in [0.05, 0.1) is 24.1 Å². The summed E-state index contributed by atoms with van der Waals surface area (Å²) in [6.45, 7) is 0.724. The second-order valence-electron chi connectivity index (χ2n) is 4.62. The highest BCUT2D eigenvalue weighted by molar-refractivity contribution is 9.10. The molecule has 110 valence electrons. The molecule has 8 heteroatoms. The molecule has 0 saturated carbocycles. The number of rotatable bonds is 3. The minimum atomic E-state index is -0.286. The van der Waals surface area contributed by atoms with E-state index in [-0.39, 0.29) is 23.6 Å². The van der Waals surface area contributed by atoms with Gasteiger partial charge in [-0.25, -0.2) is 4.68 Å². The summed E-state index contributed by atoms with van der Waals surface area (Å²) in [5, 5.41) is 8.82. The van der Waals surface area contributed by atoms with E-state index >= 15 is 0 Å². The Morgan fingerprint density at radius 1 is 1.52 bits per heavy atom. The fraction of sp³-hybridized carbons (Fsp3) is 0.308. The molecular formula is C13H12BrN3O3S. The molecule has 1 amide bonds. The van der Waals surface area contributed by atoms with Crippen molar-refractivity contribution in [1.82, 2.24) is 15.1 Å². The van der Waals surface area contributed by atoms with E-state index in [1.54, 1.807) is 18.3 Å². The minimum Gasteiger partial charge on any atom is -0.377 e. The van der Waals surface area contributed by atoms with Gasteiger partial charge in [-0.1, -0.05) is 0 Å². The number of halogens is 1. The maximum Gasteiger partial charge on any atom is 0.267 e. The predicted octanol–water partition coefficient (Wildman–Crippen LogP) is 1.44. The summed E-state index contributed by atoms with van der Waals surface area (Å²) in [6, 6.07) is 4.24.